The van der Waals surface area contributed by atoms with Gasteiger partial charge < -0.3 is 9.47 Å². The van der Waals surface area contributed by atoms with E-state index in [2.05, 4.69) is 19.3 Å². The van der Waals surface area contributed by atoms with Crippen molar-refractivity contribution >= 4 is 0 Å². The summed E-state index contributed by atoms with van der Waals surface area (Å²) in [5.74, 6) is 0. The molecule has 0 spiro atoms. The van der Waals surface area contributed by atoms with Gasteiger partial charge in [0.1, 0.15) is 6.23 Å². The Bertz CT molecular complexity index is 133. The van der Waals surface area contributed by atoms with Gasteiger partial charge in [-0.25, -0.2) is 0 Å². The summed E-state index contributed by atoms with van der Waals surface area (Å²) in [6, 6.07) is 0. The lowest BCUT2D eigenvalue weighted by Crippen LogP contribution is -2.32. The van der Waals surface area contributed by atoms with Gasteiger partial charge in [0.25, 0.3) is 0 Å². The lowest BCUT2D eigenvalue weighted by molar-refractivity contribution is -0.113. The van der Waals surface area contributed by atoms with E-state index in [1.807, 2.05) is 6.92 Å². The molecule has 1 N–H and O–H groups in total. The van der Waals surface area contributed by atoms with E-state index in [4.69, 9.17) is 14.3 Å². The average Bonchev–Trinajstić information content (AvgIpc) is 2.21. The fourth-order valence-electron chi connectivity index (χ4n) is 1.24. The molecule has 0 saturated carbocycles. The highest BCUT2D eigenvalue weighted by Crippen LogP contribution is 2.05. The Kier molecular flexibility index (Phi) is 10.3. The first kappa shape index (κ1) is 14.8. The van der Waals surface area contributed by atoms with Crippen LogP contribution >= 0.6 is 0 Å². The zero-order valence-electron chi connectivity index (χ0n) is 10.4. The van der Waals surface area contributed by atoms with E-state index in [0.717, 1.165) is 6.42 Å². The van der Waals surface area contributed by atoms with Crippen LogP contribution in [0.1, 0.15) is 40.0 Å². The van der Waals surface area contributed by atoms with Gasteiger partial charge >= 0.3 is 0 Å². The second-order valence-corrected chi connectivity index (χ2v) is 3.69. The summed E-state index contributed by atoms with van der Waals surface area (Å²) in [6.45, 7) is 7.33. The molecule has 92 valence electrons. The summed E-state index contributed by atoms with van der Waals surface area (Å²) in [7, 11) is 1.65. The topological polar surface area (TPSA) is 39.7 Å². The minimum atomic E-state index is -0.0753. The number of unbranched alkanes of at least 4 members (excludes halogenated alkanes) is 1. The maximum atomic E-state index is 5.66. The van der Waals surface area contributed by atoms with E-state index >= 15 is 0 Å². The highest BCUT2D eigenvalue weighted by atomic mass is 16.7. The van der Waals surface area contributed by atoms with Crippen molar-refractivity contribution in [2.45, 2.75) is 52.4 Å². The minimum Gasteiger partial charge on any atom is -0.382 e. The molecule has 15 heavy (non-hydrogen) atoms. The zero-order valence-corrected chi connectivity index (χ0v) is 10.4. The summed E-state index contributed by atoms with van der Waals surface area (Å²) >= 11 is 0. The van der Waals surface area contributed by atoms with Crippen LogP contribution < -0.4 is 5.48 Å². The Morgan fingerprint density at radius 2 is 1.93 bits per heavy atom. The fourth-order valence-corrected chi connectivity index (χ4v) is 1.24. The Morgan fingerprint density at radius 3 is 2.53 bits per heavy atom. The smallest absolute Gasteiger partial charge is 0.127 e. The minimum absolute atomic E-state index is 0.0753. The van der Waals surface area contributed by atoms with Gasteiger partial charge in [0, 0.05) is 7.11 Å². The van der Waals surface area contributed by atoms with Crippen molar-refractivity contribution < 1.29 is 14.3 Å². The lowest BCUT2D eigenvalue weighted by atomic mass is 10.2. The van der Waals surface area contributed by atoms with Crippen molar-refractivity contribution in [2.24, 2.45) is 0 Å². The van der Waals surface area contributed by atoms with Gasteiger partial charge in [-0.1, -0.05) is 19.8 Å². The molecule has 0 amide bonds. The van der Waals surface area contributed by atoms with Gasteiger partial charge in [-0.15, -0.1) is 0 Å². The number of methoxy groups -OCH3 is 1. The third-order valence-corrected chi connectivity index (χ3v) is 2.04. The second-order valence-electron chi connectivity index (χ2n) is 3.69. The Labute approximate surface area is 93.2 Å². The van der Waals surface area contributed by atoms with Crippen LogP contribution in [0.15, 0.2) is 0 Å². The van der Waals surface area contributed by atoms with E-state index in [1.54, 1.807) is 7.11 Å². The molecule has 0 aromatic carbocycles. The first-order valence-corrected chi connectivity index (χ1v) is 5.72. The molecule has 4 heteroatoms. The summed E-state index contributed by atoms with van der Waals surface area (Å²) < 4.78 is 10.5. The van der Waals surface area contributed by atoms with Crippen LogP contribution in [0.2, 0.25) is 0 Å². The van der Waals surface area contributed by atoms with Gasteiger partial charge in [-0.2, -0.15) is 5.48 Å². The molecule has 0 heterocycles. The first-order chi connectivity index (χ1) is 7.20. The summed E-state index contributed by atoms with van der Waals surface area (Å²) in [6.07, 6.45) is 3.71. The van der Waals surface area contributed by atoms with Crippen LogP contribution in [0.5, 0.6) is 0 Å². The monoisotopic (exact) mass is 219 g/mol. The van der Waals surface area contributed by atoms with Crippen LogP contribution in [0.3, 0.4) is 0 Å². The number of ether oxygens (including phenoxy) is 2. The number of hydrogen-bond donors (Lipinski definition) is 1. The SMILES string of the molecule is CCCCC(C)OC(C)NOCCOC. The van der Waals surface area contributed by atoms with Crippen molar-refractivity contribution in [2.75, 3.05) is 20.3 Å². The Morgan fingerprint density at radius 1 is 1.20 bits per heavy atom. The molecule has 0 rings (SSSR count). The molecule has 4 nitrogen and oxygen atoms in total. The Hall–Kier alpha value is -0.160. The number of rotatable bonds is 10. The standard InChI is InChI=1S/C11H25NO3/c1-5-6-7-10(2)15-11(3)12-14-9-8-13-4/h10-12H,5-9H2,1-4H3. The van der Waals surface area contributed by atoms with Gasteiger partial charge in [0.2, 0.25) is 0 Å². The molecule has 2 atom stereocenters. The predicted octanol–water partition coefficient (Wildman–Crippen LogP) is 2.10. The summed E-state index contributed by atoms with van der Waals surface area (Å²) in [5, 5.41) is 0. The van der Waals surface area contributed by atoms with Gasteiger partial charge in [0.15, 0.2) is 0 Å². The first-order valence-electron chi connectivity index (χ1n) is 5.72. The van der Waals surface area contributed by atoms with Gasteiger partial charge in [-0.3, -0.25) is 4.84 Å². The molecule has 0 aliphatic carbocycles. The normalized spacial score (nSPS) is 15.2. The van der Waals surface area contributed by atoms with E-state index in [1.165, 1.54) is 12.8 Å². The summed E-state index contributed by atoms with van der Waals surface area (Å²) in [5.41, 5.74) is 2.82. The van der Waals surface area contributed by atoms with Crippen LogP contribution in [0.25, 0.3) is 0 Å². The number of hydrogen-bond acceptors (Lipinski definition) is 4. The number of hydroxylamine groups is 1. The van der Waals surface area contributed by atoms with E-state index < -0.39 is 0 Å². The highest BCUT2D eigenvalue weighted by Gasteiger charge is 2.07. The van der Waals surface area contributed by atoms with E-state index in [-0.39, 0.29) is 12.3 Å². The van der Waals surface area contributed by atoms with Crippen molar-refractivity contribution in [3.63, 3.8) is 0 Å². The van der Waals surface area contributed by atoms with E-state index in [9.17, 15) is 0 Å². The number of nitrogens with one attached hydrogen (secondary N) is 1. The highest BCUT2D eigenvalue weighted by molar-refractivity contribution is 4.51. The predicted molar refractivity (Wildman–Crippen MR) is 60.5 cm³/mol. The maximum Gasteiger partial charge on any atom is 0.127 e. The van der Waals surface area contributed by atoms with Crippen molar-refractivity contribution in [1.82, 2.24) is 5.48 Å². The molecular formula is C11H25NO3. The average molecular weight is 219 g/mol. The summed E-state index contributed by atoms with van der Waals surface area (Å²) in [4.78, 5) is 5.14. The van der Waals surface area contributed by atoms with Crippen LogP contribution in [0, 0.1) is 0 Å². The molecule has 2 unspecified atom stereocenters. The van der Waals surface area contributed by atoms with Gasteiger partial charge in [-0.05, 0) is 20.3 Å². The molecule has 0 aliphatic heterocycles. The molecule has 0 radical (unpaired) electrons. The fraction of sp³-hybridized carbons (Fsp3) is 1.00. The van der Waals surface area contributed by atoms with Gasteiger partial charge in [0.05, 0.1) is 19.3 Å². The third-order valence-electron chi connectivity index (χ3n) is 2.04. The maximum absolute atomic E-state index is 5.66. The zero-order chi connectivity index (χ0) is 11.5. The molecule has 0 aromatic heterocycles. The van der Waals surface area contributed by atoms with Crippen LogP contribution in [-0.4, -0.2) is 32.7 Å². The third kappa shape index (κ3) is 10.1. The van der Waals surface area contributed by atoms with Crippen molar-refractivity contribution in [1.29, 1.82) is 0 Å². The quantitative estimate of drug-likeness (QED) is 0.347. The Balaban J connectivity index is 3.33. The second kappa shape index (κ2) is 10.4. The molecule has 0 aromatic rings. The molecule has 0 bridgehead atoms. The lowest BCUT2D eigenvalue weighted by Gasteiger charge is -2.19. The van der Waals surface area contributed by atoms with Crippen LogP contribution in [0.4, 0.5) is 0 Å². The molecule has 0 aliphatic rings. The van der Waals surface area contributed by atoms with E-state index in [0.29, 0.717) is 13.2 Å². The largest absolute Gasteiger partial charge is 0.382 e. The van der Waals surface area contributed by atoms with Crippen molar-refractivity contribution in [3.05, 3.63) is 0 Å². The van der Waals surface area contributed by atoms with Crippen molar-refractivity contribution in [3.8, 4) is 0 Å². The molecular weight excluding hydrogens is 194 g/mol. The molecule has 0 saturated heterocycles. The molecule has 0 fully saturated rings. The van der Waals surface area contributed by atoms with Crippen LogP contribution in [-0.2, 0) is 14.3 Å².